The van der Waals surface area contributed by atoms with Gasteiger partial charge in [-0.3, -0.25) is 4.90 Å². The van der Waals surface area contributed by atoms with Crippen molar-refractivity contribution in [2.75, 3.05) is 11.9 Å². The molecular weight excluding hydrogens is 264 g/mol. The van der Waals surface area contributed by atoms with Gasteiger partial charge in [-0.1, -0.05) is 0 Å². The normalized spacial score (nSPS) is 15.8. The van der Waals surface area contributed by atoms with E-state index in [-0.39, 0.29) is 0 Å². The van der Waals surface area contributed by atoms with Crippen LogP contribution < -0.4 is 5.32 Å². The van der Waals surface area contributed by atoms with E-state index in [9.17, 15) is 0 Å². The highest BCUT2D eigenvalue weighted by Gasteiger charge is 2.14. The van der Waals surface area contributed by atoms with Crippen LogP contribution in [-0.4, -0.2) is 37.0 Å². The number of rotatable bonds is 4. The SMILES string of the molecule is CC(C)Nc1ncc(CN2CCCn3cncc3C2)cn1. The van der Waals surface area contributed by atoms with Crippen molar-refractivity contribution in [2.45, 2.75) is 45.9 Å². The largest absolute Gasteiger partial charge is 0.352 e. The summed E-state index contributed by atoms with van der Waals surface area (Å²) < 4.78 is 2.24. The predicted octanol–water partition coefficient (Wildman–Crippen LogP) is 1.90. The lowest BCUT2D eigenvalue weighted by Gasteiger charge is -2.19. The summed E-state index contributed by atoms with van der Waals surface area (Å²) >= 11 is 0. The molecule has 0 saturated heterocycles. The maximum Gasteiger partial charge on any atom is 0.222 e. The minimum absolute atomic E-state index is 0.349. The van der Waals surface area contributed by atoms with Crippen LogP contribution in [0.2, 0.25) is 0 Å². The zero-order chi connectivity index (χ0) is 14.7. The summed E-state index contributed by atoms with van der Waals surface area (Å²) in [5, 5.41) is 3.21. The Hall–Kier alpha value is -1.95. The van der Waals surface area contributed by atoms with E-state index in [1.54, 1.807) is 0 Å². The second-order valence-corrected chi connectivity index (χ2v) is 5.86. The van der Waals surface area contributed by atoms with Crippen molar-refractivity contribution in [2.24, 2.45) is 0 Å². The second-order valence-electron chi connectivity index (χ2n) is 5.86. The zero-order valence-electron chi connectivity index (χ0n) is 12.7. The van der Waals surface area contributed by atoms with Gasteiger partial charge in [0.15, 0.2) is 0 Å². The number of imidazole rings is 1. The molecule has 2 aromatic heterocycles. The van der Waals surface area contributed by atoms with Crippen LogP contribution in [0.4, 0.5) is 5.95 Å². The quantitative estimate of drug-likeness (QED) is 0.930. The first-order chi connectivity index (χ1) is 10.2. The lowest BCUT2D eigenvalue weighted by atomic mass is 10.3. The van der Waals surface area contributed by atoms with Crippen molar-refractivity contribution in [3.63, 3.8) is 0 Å². The summed E-state index contributed by atoms with van der Waals surface area (Å²) in [5.74, 6) is 0.697. The van der Waals surface area contributed by atoms with E-state index in [0.29, 0.717) is 12.0 Å². The highest BCUT2D eigenvalue weighted by Crippen LogP contribution is 2.14. The lowest BCUT2D eigenvalue weighted by Crippen LogP contribution is -2.23. The molecule has 0 spiro atoms. The van der Waals surface area contributed by atoms with E-state index in [0.717, 1.165) is 38.2 Å². The minimum Gasteiger partial charge on any atom is -0.352 e. The average Bonchev–Trinajstić information content (AvgIpc) is 2.79. The van der Waals surface area contributed by atoms with Gasteiger partial charge in [-0.25, -0.2) is 15.0 Å². The number of aryl methyl sites for hydroxylation is 1. The van der Waals surface area contributed by atoms with Crippen molar-refractivity contribution in [1.29, 1.82) is 0 Å². The third-order valence-corrected chi connectivity index (χ3v) is 3.59. The van der Waals surface area contributed by atoms with Crippen molar-refractivity contribution in [3.05, 3.63) is 36.2 Å². The average molecular weight is 286 g/mol. The number of anilines is 1. The van der Waals surface area contributed by atoms with Gasteiger partial charge in [0.1, 0.15) is 0 Å². The molecule has 0 aliphatic carbocycles. The molecule has 6 nitrogen and oxygen atoms in total. The van der Waals surface area contributed by atoms with Crippen LogP contribution in [0.15, 0.2) is 24.9 Å². The minimum atomic E-state index is 0.349. The second kappa shape index (κ2) is 6.22. The molecule has 3 heterocycles. The van der Waals surface area contributed by atoms with Crippen LogP contribution in [0.5, 0.6) is 0 Å². The molecule has 0 fully saturated rings. The Morgan fingerprint density at radius 3 is 2.76 bits per heavy atom. The van der Waals surface area contributed by atoms with Crippen LogP contribution >= 0.6 is 0 Å². The van der Waals surface area contributed by atoms with E-state index in [4.69, 9.17) is 0 Å². The first-order valence-electron chi connectivity index (χ1n) is 7.49. The van der Waals surface area contributed by atoms with Crippen molar-refractivity contribution < 1.29 is 0 Å². The highest BCUT2D eigenvalue weighted by molar-refractivity contribution is 5.25. The maximum absolute atomic E-state index is 4.38. The summed E-state index contributed by atoms with van der Waals surface area (Å²) in [6.07, 6.45) is 8.87. The van der Waals surface area contributed by atoms with E-state index in [2.05, 4.69) is 43.6 Å². The van der Waals surface area contributed by atoms with E-state index < -0.39 is 0 Å². The molecule has 0 radical (unpaired) electrons. The third-order valence-electron chi connectivity index (χ3n) is 3.59. The van der Waals surface area contributed by atoms with Gasteiger partial charge in [-0.2, -0.15) is 0 Å². The summed E-state index contributed by atoms with van der Waals surface area (Å²) in [6, 6.07) is 0.349. The topological polar surface area (TPSA) is 58.9 Å². The molecule has 1 aliphatic heterocycles. The fourth-order valence-corrected chi connectivity index (χ4v) is 2.62. The summed E-state index contributed by atoms with van der Waals surface area (Å²) in [5.41, 5.74) is 2.43. The molecule has 0 bridgehead atoms. The molecular formula is C15H22N6. The van der Waals surface area contributed by atoms with Crippen molar-refractivity contribution >= 4 is 5.95 Å². The van der Waals surface area contributed by atoms with Crippen molar-refractivity contribution in [3.8, 4) is 0 Å². The van der Waals surface area contributed by atoms with Gasteiger partial charge in [0.2, 0.25) is 5.95 Å². The molecule has 2 aromatic rings. The number of hydrogen-bond acceptors (Lipinski definition) is 5. The first-order valence-corrected chi connectivity index (χ1v) is 7.49. The van der Waals surface area contributed by atoms with Gasteiger partial charge in [-0.05, 0) is 20.3 Å². The van der Waals surface area contributed by atoms with Crippen LogP contribution in [0.3, 0.4) is 0 Å². The number of fused-ring (bicyclic) bond motifs is 1. The van der Waals surface area contributed by atoms with Gasteiger partial charge >= 0.3 is 0 Å². The Kier molecular flexibility index (Phi) is 4.15. The van der Waals surface area contributed by atoms with Crippen molar-refractivity contribution in [1.82, 2.24) is 24.4 Å². The van der Waals surface area contributed by atoms with E-state index >= 15 is 0 Å². The van der Waals surface area contributed by atoms with E-state index in [1.807, 2.05) is 24.9 Å². The van der Waals surface area contributed by atoms with Gasteiger partial charge in [-0.15, -0.1) is 0 Å². The summed E-state index contributed by atoms with van der Waals surface area (Å²) in [4.78, 5) is 15.4. The number of hydrogen-bond donors (Lipinski definition) is 1. The highest BCUT2D eigenvalue weighted by atomic mass is 15.2. The predicted molar refractivity (Wildman–Crippen MR) is 81.7 cm³/mol. The fraction of sp³-hybridized carbons (Fsp3) is 0.533. The monoisotopic (exact) mass is 286 g/mol. The smallest absolute Gasteiger partial charge is 0.222 e. The molecule has 112 valence electrons. The Morgan fingerprint density at radius 1 is 1.19 bits per heavy atom. The molecule has 1 aliphatic rings. The summed E-state index contributed by atoms with van der Waals surface area (Å²) in [6.45, 7) is 8.13. The molecule has 0 amide bonds. The van der Waals surface area contributed by atoms with Gasteiger partial charge in [0, 0.05) is 56.4 Å². The van der Waals surface area contributed by atoms with E-state index in [1.165, 1.54) is 5.69 Å². The van der Waals surface area contributed by atoms with Crippen LogP contribution in [0.1, 0.15) is 31.5 Å². The fourth-order valence-electron chi connectivity index (χ4n) is 2.62. The van der Waals surface area contributed by atoms with Gasteiger partial charge in [0.05, 0.1) is 12.0 Å². The molecule has 0 aromatic carbocycles. The van der Waals surface area contributed by atoms with Crippen LogP contribution in [-0.2, 0) is 19.6 Å². The number of nitrogens with zero attached hydrogens (tertiary/aromatic N) is 5. The molecule has 21 heavy (non-hydrogen) atoms. The number of nitrogens with one attached hydrogen (secondary N) is 1. The zero-order valence-corrected chi connectivity index (χ0v) is 12.7. The maximum atomic E-state index is 4.38. The van der Waals surface area contributed by atoms with Gasteiger partial charge < -0.3 is 9.88 Å². The molecule has 0 saturated carbocycles. The van der Waals surface area contributed by atoms with Crippen LogP contribution in [0, 0.1) is 0 Å². The Morgan fingerprint density at radius 2 is 2.00 bits per heavy atom. The molecule has 1 N–H and O–H groups in total. The summed E-state index contributed by atoms with van der Waals surface area (Å²) in [7, 11) is 0. The Balaban J connectivity index is 1.63. The first kappa shape index (κ1) is 14.0. The number of aromatic nitrogens is 4. The lowest BCUT2D eigenvalue weighted by molar-refractivity contribution is 0.260. The van der Waals surface area contributed by atoms with Gasteiger partial charge in [0.25, 0.3) is 0 Å². The Labute approximate surface area is 125 Å². The molecule has 3 rings (SSSR count). The van der Waals surface area contributed by atoms with Crippen LogP contribution in [0.25, 0.3) is 0 Å². The third kappa shape index (κ3) is 3.58. The Bertz CT molecular complexity index is 574. The standard InChI is InChI=1S/C15H22N6/c1-12(2)19-15-17-6-13(7-18-15)9-20-4-3-5-21-11-16-8-14(21)10-20/h6-8,11-12H,3-5,9-10H2,1-2H3,(H,17,18,19). The molecule has 0 atom stereocenters. The molecule has 6 heteroatoms. The molecule has 0 unspecified atom stereocenters.